The van der Waals surface area contributed by atoms with Crippen molar-refractivity contribution < 1.29 is 36.8 Å². The smallest absolute Gasteiger partial charge is 0.296 e. The first-order valence-electron chi connectivity index (χ1n) is 20.2. The predicted octanol–water partition coefficient (Wildman–Crippen LogP) is 7.03. The first-order valence-corrected chi connectivity index (χ1v) is 22.5. The van der Waals surface area contributed by atoms with E-state index in [4.69, 9.17) is 8.92 Å². The summed E-state index contributed by atoms with van der Waals surface area (Å²) in [5.41, 5.74) is 5.08. The van der Waals surface area contributed by atoms with Crippen LogP contribution in [0.5, 0.6) is 0 Å². The number of thiazole rings is 1. The van der Waals surface area contributed by atoms with E-state index in [1.807, 2.05) is 71.3 Å². The Morgan fingerprint density at radius 1 is 0.895 bits per heavy atom. The summed E-state index contributed by atoms with van der Waals surface area (Å²) in [4.78, 5) is 47.5. The summed E-state index contributed by atoms with van der Waals surface area (Å²) >= 11 is 1.58. The molecule has 1 aromatic heterocycles. The number of nitrogens with one attached hydrogen (secondary N) is 2. The third kappa shape index (κ3) is 14.3. The van der Waals surface area contributed by atoms with Crippen LogP contribution in [0.25, 0.3) is 10.4 Å². The maximum Gasteiger partial charge on any atom is 0.296 e. The van der Waals surface area contributed by atoms with Gasteiger partial charge < -0.3 is 25.4 Å². The van der Waals surface area contributed by atoms with Crippen LogP contribution in [-0.2, 0) is 33.4 Å². The summed E-state index contributed by atoms with van der Waals surface area (Å²) in [5, 5.41) is 16.4. The quantitative estimate of drug-likeness (QED) is 0.0713. The lowest BCUT2D eigenvalue weighted by atomic mass is 9.85. The minimum absolute atomic E-state index is 0.00349. The van der Waals surface area contributed by atoms with Gasteiger partial charge >= 0.3 is 0 Å². The van der Waals surface area contributed by atoms with Gasteiger partial charge in [-0.1, -0.05) is 108 Å². The number of ether oxygens (including phenoxy) is 1. The standard InChI is InChI=1S/C43H62N4O8S2/c1-30-16-22-36(23-17-30)57(52,53)55-25-15-13-11-9-7-8-10-12-14-24-54-28-38(49)46-40(43(4,5)6)42(51)47-27-35(48)26-37(47)41(50)45-31(2)33-18-20-34(21-19-33)39-32(3)44-29-56-39/h16-23,29,31,35,37,40,48H,7-15,24-28H2,1-6H3,(H,45,50)(H,46,49)/t31-,35+,37-,40+/m0/s1. The number of likely N-dealkylation sites (tertiary alicyclic amines) is 1. The van der Waals surface area contributed by atoms with Crippen LogP contribution in [0.15, 0.2) is 58.9 Å². The number of aryl methyl sites for hydroxylation is 2. The van der Waals surface area contributed by atoms with Crippen molar-refractivity contribution in [3.63, 3.8) is 0 Å². The fraction of sp³-hybridized carbons (Fsp3) is 0.581. The maximum absolute atomic E-state index is 14.0. The monoisotopic (exact) mass is 826 g/mol. The van der Waals surface area contributed by atoms with Gasteiger partial charge in [-0.25, -0.2) is 4.98 Å². The van der Waals surface area contributed by atoms with Crippen LogP contribution in [0.2, 0.25) is 0 Å². The number of nitrogens with zero attached hydrogens (tertiary/aromatic N) is 2. The van der Waals surface area contributed by atoms with Crippen molar-refractivity contribution in [2.45, 2.75) is 135 Å². The SMILES string of the molecule is Cc1ccc(S(=O)(=O)OCCCCCCCCCCCOCC(=O)N[C@H](C(=O)N2C[C@H](O)C[C@H]2C(=O)N[C@@H](C)c2ccc(-c3scnc3C)cc2)C(C)(C)C)cc1. The van der Waals surface area contributed by atoms with Crippen LogP contribution in [-0.4, -0.2) is 85.7 Å². The van der Waals surface area contributed by atoms with E-state index in [-0.39, 0.29) is 43.0 Å². The molecule has 0 aliphatic carbocycles. The molecular formula is C43H62N4O8S2. The summed E-state index contributed by atoms with van der Waals surface area (Å²) < 4.78 is 35.4. The van der Waals surface area contributed by atoms with E-state index in [1.54, 1.807) is 35.6 Å². The molecular weight excluding hydrogens is 765 g/mol. The first kappa shape index (κ1) is 46.0. The van der Waals surface area contributed by atoms with Gasteiger partial charge in [0.05, 0.1) is 39.7 Å². The molecule has 1 fully saturated rings. The molecule has 3 N–H and O–H groups in total. The number of aliphatic hydroxyl groups is 1. The molecule has 0 saturated carbocycles. The third-order valence-electron chi connectivity index (χ3n) is 10.3. The van der Waals surface area contributed by atoms with Crippen molar-refractivity contribution in [2.24, 2.45) is 5.41 Å². The molecule has 0 unspecified atom stereocenters. The lowest BCUT2D eigenvalue weighted by molar-refractivity contribution is -0.144. The van der Waals surface area contributed by atoms with E-state index in [0.717, 1.165) is 78.6 Å². The molecule has 3 amide bonds. The molecule has 1 aliphatic rings. The topological polar surface area (TPSA) is 164 Å². The number of hydrogen-bond donors (Lipinski definition) is 3. The van der Waals surface area contributed by atoms with Gasteiger partial charge in [-0.2, -0.15) is 8.42 Å². The van der Waals surface area contributed by atoms with Crippen molar-refractivity contribution >= 4 is 39.2 Å². The Hall–Kier alpha value is -3.69. The number of rotatable bonds is 22. The summed E-state index contributed by atoms with van der Waals surface area (Å²) in [6.45, 7) is 11.8. The molecule has 2 heterocycles. The van der Waals surface area contributed by atoms with Crippen LogP contribution < -0.4 is 10.6 Å². The highest BCUT2D eigenvalue weighted by Crippen LogP contribution is 2.30. The third-order valence-corrected chi connectivity index (χ3v) is 12.6. The molecule has 12 nitrogen and oxygen atoms in total. The van der Waals surface area contributed by atoms with E-state index >= 15 is 0 Å². The Morgan fingerprint density at radius 3 is 2.07 bits per heavy atom. The lowest BCUT2D eigenvalue weighted by Crippen LogP contribution is -2.58. The zero-order chi connectivity index (χ0) is 41.6. The summed E-state index contributed by atoms with van der Waals surface area (Å²) in [6, 6.07) is 12.5. The number of benzene rings is 2. The number of β-amino-alcohol motifs (C(OH)–C–C–N with tert-alkyl or cyclic N) is 1. The highest BCUT2D eigenvalue weighted by Gasteiger charge is 2.44. The van der Waals surface area contributed by atoms with Crippen molar-refractivity contribution in [1.29, 1.82) is 0 Å². The molecule has 0 bridgehead atoms. The van der Waals surface area contributed by atoms with Crippen LogP contribution in [0.4, 0.5) is 0 Å². The van der Waals surface area contributed by atoms with E-state index < -0.39 is 45.5 Å². The lowest BCUT2D eigenvalue weighted by Gasteiger charge is -2.35. The molecule has 0 radical (unpaired) electrons. The molecule has 3 aromatic rings. The first-order chi connectivity index (χ1) is 27.1. The second-order valence-corrected chi connectivity index (χ2v) is 18.7. The second-order valence-electron chi connectivity index (χ2n) is 16.2. The normalized spacial score (nSPS) is 17.0. The number of aromatic nitrogens is 1. The average molecular weight is 827 g/mol. The number of carbonyl (C=O) groups is 3. The van der Waals surface area contributed by atoms with Crippen LogP contribution >= 0.6 is 11.3 Å². The molecule has 0 spiro atoms. The van der Waals surface area contributed by atoms with Gasteiger partial charge in [-0.3, -0.25) is 18.6 Å². The second kappa shape index (κ2) is 21.9. The zero-order valence-corrected chi connectivity index (χ0v) is 36.1. The molecule has 1 saturated heterocycles. The summed E-state index contributed by atoms with van der Waals surface area (Å²) in [7, 11) is -3.71. The van der Waals surface area contributed by atoms with Crippen LogP contribution in [0.1, 0.15) is 115 Å². The van der Waals surface area contributed by atoms with Gasteiger partial charge in [0.15, 0.2) is 0 Å². The molecule has 2 aromatic carbocycles. The van der Waals surface area contributed by atoms with Crippen molar-refractivity contribution in [1.82, 2.24) is 20.5 Å². The van der Waals surface area contributed by atoms with Gasteiger partial charge in [-0.05, 0) is 62.3 Å². The van der Waals surface area contributed by atoms with Gasteiger partial charge in [0.2, 0.25) is 17.7 Å². The zero-order valence-electron chi connectivity index (χ0n) is 34.4. The minimum Gasteiger partial charge on any atom is -0.391 e. The predicted molar refractivity (Wildman–Crippen MR) is 223 cm³/mol. The van der Waals surface area contributed by atoms with E-state index in [1.165, 1.54) is 4.90 Å². The minimum atomic E-state index is -3.71. The molecule has 14 heteroatoms. The van der Waals surface area contributed by atoms with E-state index in [9.17, 15) is 27.9 Å². The number of aliphatic hydroxyl groups excluding tert-OH is 1. The molecule has 1 aliphatic heterocycles. The fourth-order valence-corrected chi connectivity index (χ4v) is 8.62. The van der Waals surface area contributed by atoms with Crippen molar-refractivity contribution in [2.75, 3.05) is 26.4 Å². The Bertz CT molecular complexity index is 1840. The Kier molecular flexibility index (Phi) is 17.7. The summed E-state index contributed by atoms with van der Waals surface area (Å²) in [5.74, 6) is -1.18. The Morgan fingerprint density at radius 2 is 1.49 bits per heavy atom. The van der Waals surface area contributed by atoms with Gasteiger partial charge in [0.1, 0.15) is 18.7 Å². The largest absolute Gasteiger partial charge is 0.391 e. The van der Waals surface area contributed by atoms with Crippen LogP contribution in [0.3, 0.4) is 0 Å². The van der Waals surface area contributed by atoms with Crippen molar-refractivity contribution in [3.8, 4) is 10.4 Å². The fourth-order valence-electron chi connectivity index (χ4n) is 6.87. The van der Waals surface area contributed by atoms with E-state index in [2.05, 4.69) is 15.6 Å². The van der Waals surface area contributed by atoms with Gasteiger partial charge in [-0.15, -0.1) is 11.3 Å². The average Bonchev–Trinajstić information content (AvgIpc) is 3.78. The molecule has 314 valence electrons. The van der Waals surface area contributed by atoms with E-state index in [0.29, 0.717) is 13.0 Å². The number of amides is 3. The van der Waals surface area contributed by atoms with Crippen LogP contribution in [0, 0.1) is 19.3 Å². The number of carbonyl (C=O) groups excluding carboxylic acids is 3. The van der Waals surface area contributed by atoms with Crippen molar-refractivity contribution in [3.05, 3.63) is 70.9 Å². The highest BCUT2D eigenvalue weighted by molar-refractivity contribution is 7.86. The molecule has 4 rings (SSSR count). The summed E-state index contributed by atoms with van der Waals surface area (Å²) in [6.07, 6.45) is 8.04. The maximum atomic E-state index is 14.0. The number of unbranched alkanes of at least 4 members (excludes halogenated alkanes) is 8. The van der Waals surface area contributed by atoms with Gasteiger partial charge in [0.25, 0.3) is 10.1 Å². The Labute approximate surface area is 343 Å². The molecule has 57 heavy (non-hydrogen) atoms. The van der Waals surface area contributed by atoms with Gasteiger partial charge in [0, 0.05) is 19.6 Å². The highest BCUT2D eigenvalue weighted by atomic mass is 32.2. The molecule has 4 atom stereocenters. The number of hydrogen-bond acceptors (Lipinski definition) is 10. The Balaban J connectivity index is 1.11.